The van der Waals surface area contributed by atoms with Gasteiger partial charge in [-0.2, -0.15) is 0 Å². The van der Waals surface area contributed by atoms with E-state index in [-0.39, 0.29) is 10.6 Å². The van der Waals surface area contributed by atoms with Gasteiger partial charge in [-0.15, -0.1) is 0 Å². The number of benzene rings is 1. The van der Waals surface area contributed by atoms with Gasteiger partial charge < -0.3 is 5.32 Å². The maximum absolute atomic E-state index is 11.1. The van der Waals surface area contributed by atoms with E-state index in [1.807, 2.05) is 12.1 Å². The highest BCUT2D eigenvalue weighted by Gasteiger charge is 2.33. The zero-order valence-corrected chi connectivity index (χ0v) is 11.8. The van der Waals surface area contributed by atoms with Crippen molar-refractivity contribution in [2.75, 3.05) is 18.9 Å². The van der Waals surface area contributed by atoms with Crippen LogP contribution in [-0.2, 0) is 6.54 Å². The Bertz CT molecular complexity index is 510. The summed E-state index contributed by atoms with van der Waals surface area (Å²) in [5.41, 5.74) is 1.80. The maximum atomic E-state index is 11.1. The Hall–Kier alpha value is -1.62. The van der Waals surface area contributed by atoms with Crippen LogP contribution < -0.4 is 5.32 Å². The van der Waals surface area contributed by atoms with Crippen LogP contribution in [-0.4, -0.2) is 29.5 Å². The minimum absolute atomic E-state index is 0.173. The van der Waals surface area contributed by atoms with E-state index in [4.69, 9.17) is 0 Å². The van der Waals surface area contributed by atoms with Crippen molar-refractivity contribution in [1.82, 2.24) is 4.90 Å². The number of hydrogen-bond acceptors (Lipinski definition) is 4. The molecule has 0 saturated heterocycles. The molecule has 0 aromatic heterocycles. The minimum Gasteiger partial charge on any atom is -0.383 e. The Balaban J connectivity index is 1.74. The predicted octanol–water partition coefficient (Wildman–Crippen LogP) is 3.01. The highest BCUT2D eigenvalue weighted by atomic mass is 16.6. The zero-order chi connectivity index (χ0) is 14.1. The lowest BCUT2D eigenvalue weighted by atomic mass is 10.1. The lowest BCUT2D eigenvalue weighted by Crippen LogP contribution is -2.27. The number of rotatable bonds is 7. The highest BCUT2D eigenvalue weighted by molar-refractivity contribution is 5.62. The molecule has 5 heteroatoms. The lowest BCUT2D eigenvalue weighted by molar-refractivity contribution is -0.384. The average molecular weight is 275 g/mol. The van der Waals surface area contributed by atoms with E-state index in [1.165, 1.54) is 25.7 Å². The third kappa shape index (κ3) is 3.10. The monoisotopic (exact) mass is 275 g/mol. The van der Waals surface area contributed by atoms with Crippen molar-refractivity contribution >= 4 is 11.4 Å². The molecule has 0 amide bonds. The molecule has 2 aliphatic carbocycles. The first-order chi connectivity index (χ1) is 9.67. The van der Waals surface area contributed by atoms with E-state index in [0.717, 1.165) is 24.6 Å². The topological polar surface area (TPSA) is 58.4 Å². The number of nitro groups is 1. The molecular formula is C15H21N3O2. The Morgan fingerprint density at radius 2 is 2.10 bits per heavy atom. The van der Waals surface area contributed by atoms with Crippen LogP contribution in [0.5, 0.6) is 0 Å². The van der Waals surface area contributed by atoms with Gasteiger partial charge >= 0.3 is 0 Å². The standard InChI is InChI=1S/C15H21N3O2/c1-16-14-7-4-12(8-15(14)18(19)20)10-17(13-5-6-13)9-11-2-3-11/h4,7-8,11,13,16H,2-3,5-6,9-10H2,1H3. The van der Waals surface area contributed by atoms with Gasteiger partial charge in [0.1, 0.15) is 5.69 Å². The molecule has 2 saturated carbocycles. The van der Waals surface area contributed by atoms with Crippen LogP contribution in [0.4, 0.5) is 11.4 Å². The molecule has 0 radical (unpaired) electrons. The number of nitrogens with one attached hydrogen (secondary N) is 1. The summed E-state index contributed by atoms with van der Waals surface area (Å²) in [6, 6.07) is 6.24. The summed E-state index contributed by atoms with van der Waals surface area (Å²) < 4.78 is 0. The molecule has 0 atom stereocenters. The van der Waals surface area contributed by atoms with Gasteiger partial charge in [0.15, 0.2) is 0 Å². The first kappa shape index (κ1) is 13.4. The number of anilines is 1. The second-order valence-corrected chi connectivity index (χ2v) is 5.96. The first-order valence-electron chi connectivity index (χ1n) is 7.36. The van der Waals surface area contributed by atoms with Crippen LogP contribution in [0.1, 0.15) is 31.2 Å². The molecule has 1 N–H and O–H groups in total. The molecular weight excluding hydrogens is 254 g/mol. The SMILES string of the molecule is CNc1ccc(CN(CC2CC2)C2CC2)cc1[N+](=O)[O-]. The molecule has 2 aliphatic rings. The van der Waals surface area contributed by atoms with Crippen molar-refractivity contribution in [2.24, 2.45) is 5.92 Å². The second kappa shape index (κ2) is 5.40. The van der Waals surface area contributed by atoms with Crippen molar-refractivity contribution in [3.63, 3.8) is 0 Å². The fourth-order valence-corrected chi connectivity index (χ4v) is 2.69. The van der Waals surface area contributed by atoms with Crippen molar-refractivity contribution in [3.05, 3.63) is 33.9 Å². The van der Waals surface area contributed by atoms with Gasteiger partial charge in [0, 0.05) is 32.2 Å². The summed E-state index contributed by atoms with van der Waals surface area (Å²) >= 11 is 0. The molecule has 0 heterocycles. The van der Waals surface area contributed by atoms with Crippen molar-refractivity contribution in [2.45, 2.75) is 38.3 Å². The van der Waals surface area contributed by atoms with Gasteiger partial charge in [0.25, 0.3) is 5.69 Å². The average Bonchev–Trinajstić information content (AvgIpc) is 3.30. The summed E-state index contributed by atoms with van der Waals surface area (Å²) in [7, 11) is 1.71. The van der Waals surface area contributed by atoms with Gasteiger partial charge in [-0.3, -0.25) is 15.0 Å². The number of hydrogen-bond donors (Lipinski definition) is 1. The number of nitrogens with zero attached hydrogens (tertiary/aromatic N) is 2. The number of nitro benzene ring substituents is 1. The minimum atomic E-state index is -0.308. The highest BCUT2D eigenvalue weighted by Crippen LogP contribution is 2.36. The largest absolute Gasteiger partial charge is 0.383 e. The van der Waals surface area contributed by atoms with Gasteiger partial charge in [-0.1, -0.05) is 6.07 Å². The summed E-state index contributed by atoms with van der Waals surface area (Å²) in [5, 5.41) is 14.0. The quantitative estimate of drug-likeness (QED) is 0.614. The molecule has 3 rings (SSSR count). The van der Waals surface area contributed by atoms with Crippen molar-refractivity contribution < 1.29 is 4.92 Å². The molecule has 2 fully saturated rings. The molecule has 0 unspecified atom stereocenters. The van der Waals surface area contributed by atoms with Gasteiger partial charge in [-0.05, 0) is 43.2 Å². The van der Waals surface area contributed by atoms with Crippen LogP contribution in [0, 0.1) is 16.0 Å². The summed E-state index contributed by atoms with van der Waals surface area (Å²) in [6.45, 7) is 2.00. The Kier molecular flexibility index (Phi) is 3.61. The van der Waals surface area contributed by atoms with E-state index < -0.39 is 0 Å². The Morgan fingerprint density at radius 1 is 1.35 bits per heavy atom. The third-order valence-electron chi connectivity index (χ3n) is 4.17. The smallest absolute Gasteiger partial charge is 0.292 e. The molecule has 1 aromatic carbocycles. The lowest BCUT2D eigenvalue weighted by Gasteiger charge is -2.22. The van der Waals surface area contributed by atoms with Crippen LogP contribution in [0.25, 0.3) is 0 Å². The van der Waals surface area contributed by atoms with Gasteiger partial charge in [0.2, 0.25) is 0 Å². The summed E-state index contributed by atoms with van der Waals surface area (Å²) in [5.74, 6) is 0.863. The van der Waals surface area contributed by atoms with Crippen LogP contribution in [0.15, 0.2) is 18.2 Å². The first-order valence-corrected chi connectivity index (χ1v) is 7.36. The van der Waals surface area contributed by atoms with E-state index in [1.54, 1.807) is 13.1 Å². The fraction of sp³-hybridized carbons (Fsp3) is 0.600. The Labute approximate surface area is 119 Å². The van der Waals surface area contributed by atoms with Crippen LogP contribution in [0.3, 0.4) is 0 Å². The van der Waals surface area contributed by atoms with Crippen molar-refractivity contribution in [1.29, 1.82) is 0 Å². The molecule has 108 valence electrons. The second-order valence-electron chi connectivity index (χ2n) is 5.96. The summed E-state index contributed by atoms with van der Waals surface area (Å²) in [4.78, 5) is 13.3. The molecule has 0 bridgehead atoms. The normalized spacial score (nSPS) is 18.3. The van der Waals surface area contributed by atoms with E-state index in [9.17, 15) is 10.1 Å². The predicted molar refractivity (Wildman–Crippen MR) is 78.8 cm³/mol. The zero-order valence-electron chi connectivity index (χ0n) is 11.8. The molecule has 20 heavy (non-hydrogen) atoms. The van der Waals surface area contributed by atoms with E-state index in [2.05, 4.69) is 10.2 Å². The van der Waals surface area contributed by atoms with Crippen LogP contribution >= 0.6 is 0 Å². The third-order valence-corrected chi connectivity index (χ3v) is 4.17. The van der Waals surface area contributed by atoms with E-state index >= 15 is 0 Å². The van der Waals surface area contributed by atoms with Gasteiger partial charge in [-0.25, -0.2) is 0 Å². The van der Waals surface area contributed by atoms with E-state index in [0.29, 0.717) is 11.7 Å². The van der Waals surface area contributed by atoms with Gasteiger partial charge in [0.05, 0.1) is 4.92 Å². The van der Waals surface area contributed by atoms with Crippen molar-refractivity contribution in [3.8, 4) is 0 Å². The molecule has 1 aromatic rings. The summed E-state index contributed by atoms with van der Waals surface area (Å²) in [6.07, 6.45) is 5.26. The van der Waals surface area contributed by atoms with Crippen LogP contribution in [0.2, 0.25) is 0 Å². The molecule has 5 nitrogen and oxygen atoms in total. The fourth-order valence-electron chi connectivity index (χ4n) is 2.69. The Morgan fingerprint density at radius 3 is 2.65 bits per heavy atom. The maximum Gasteiger partial charge on any atom is 0.292 e. The molecule has 0 spiro atoms. The molecule has 0 aliphatic heterocycles.